The highest BCUT2D eigenvalue weighted by Gasteiger charge is 2.15. The first-order valence-electron chi connectivity index (χ1n) is 8.65. The molecule has 0 spiro atoms. The van der Waals surface area contributed by atoms with Gasteiger partial charge in [-0.15, -0.1) is 0 Å². The molecule has 1 amide bonds. The van der Waals surface area contributed by atoms with Gasteiger partial charge in [0.15, 0.2) is 18.1 Å². The van der Waals surface area contributed by atoms with E-state index < -0.39 is 18.5 Å². The first-order chi connectivity index (χ1) is 13.8. The number of para-hydroxylation sites is 1. The lowest BCUT2D eigenvalue weighted by Gasteiger charge is -2.14. The fourth-order valence-corrected chi connectivity index (χ4v) is 3.21. The Balaban J connectivity index is 2.34. The van der Waals surface area contributed by atoms with Gasteiger partial charge in [-0.3, -0.25) is 4.79 Å². The van der Waals surface area contributed by atoms with Gasteiger partial charge in [-0.1, -0.05) is 18.2 Å². The Morgan fingerprint density at radius 1 is 1.28 bits per heavy atom. The highest BCUT2D eigenvalue weighted by atomic mass is 127. The molecule has 2 aromatic rings. The normalized spacial score (nSPS) is 10.8. The SMILES string of the molecule is CCOc1cc(/C=C(\C#N)C(=O)Nc2ccccc2C)cc(I)c1OCC(=O)O. The molecule has 0 fully saturated rings. The highest BCUT2D eigenvalue weighted by molar-refractivity contribution is 14.1. The van der Waals surface area contributed by atoms with Crippen molar-refractivity contribution in [2.45, 2.75) is 13.8 Å². The van der Waals surface area contributed by atoms with Crippen LogP contribution in [0.3, 0.4) is 0 Å². The Kier molecular flexibility index (Phi) is 8.03. The smallest absolute Gasteiger partial charge is 0.341 e. The number of carboxylic acid groups (broad SMARTS) is 1. The number of nitriles is 1. The first kappa shape index (κ1) is 22.2. The van der Waals surface area contributed by atoms with Crippen molar-refractivity contribution in [1.82, 2.24) is 0 Å². The third-order valence-electron chi connectivity index (χ3n) is 3.74. The number of hydrogen-bond acceptors (Lipinski definition) is 5. The summed E-state index contributed by atoms with van der Waals surface area (Å²) in [4.78, 5) is 23.3. The van der Waals surface area contributed by atoms with E-state index in [4.69, 9.17) is 14.6 Å². The number of anilines is 1. The average molecular weight is 506 g/mol. The van der Waals surface area contributed by atoms with Crippen molar-refractivity contribution in [2.24, 2.45) is 0 Å². The van der Waals surface area contributed by atoms with Gasteiger partial charge in [0.25, 0.3) is 5.91 Å². The van der Waals surface area contributed by atoms with Gasteiger partial charge in [-0.2, -0.15) is 5.26 Å². The molecule has 0 aliphatic rings. The lowest BCUT2D eigenvalue weighted by molar-refractivity contribution is -0.139. The number of carboxylic acids is 1. The number of rotatable bonds is 8. The minimum Gasteiger partial charge on any atom is -0.490 e. The molecule has 2 aromatic carbocycles. The van der Waals surface area contributed by atoms with Gasteiger partial charge in [0.2, 0.25) is 0 Å². The molecule has 29 heavy (non-hydrogen) atoms. The van der Waals surface area contributed by atoms with E-state index in [-0.39, 0.29) is 5.57 Å². The quantitative estimate of drug-likeness (QED) is 0.318. The first-order valence-corrected chi connectivity index (χ1v) is 9.73. The second kappa shape index (κ2) is 10.5. The molecule has 0 aromatic heterocycles. The van der Waals surface area contributed by atoms with Crippen LogP contribution in [-0.4, -0.2) is 30.2 Å². The summed E-state index contributed by atoms with van der Waals surface area (Å²) in [5, 5.41) is 21.0. The van der Waals surface area contributed by atoms with Crippen LogP contribution in [0.15, 0.2) is 42.0 Å². The Morgan fingerprint density at radius 2 is 2.00 bits per heavy atom. The van der Waals surface area contributed by atoms with Gasteiger partial charge < -0.3 is 19.9 Å². The van der Waals surface area contributed by atoms with Crippen LogP contribution >= 0.6 is 22.6 Å². The minimum atomic E-state index is -1.10. The number of aryl methyl sites for hydroxylation is 1. The molecular formula is C21H19IN2O5. The van der Waals surface area contributed by atoms with E-state index in [1.54, 1.807) is 31.2 Å². The van der Waals surface area contributed by atoms with E-state index in [0.717, 1.165) is 5.56 Å². The van der Waals surface area contributed by atoms with E-state index in [1.165, 1.54) is 6.08 Å². The second-order valence-electron chi connectivity index (χ2n) is 5.88. The molecule has 0 saturated carbocycles. The van der Waals surface area contributed by atoms with Crippen LogP contribution in [0.4, 0.5) is 5.69 Å². The molecule has 150 valence electrons. The predicted octanol–water partition coefficient (Wildman–Crippen LogP) is 4.01. The van der Waals surface area contributed by atoms with Crippen LogP contribution < -0.4 is 14.8 Å². The number of amides is 1. The number of nitrogens with one attached hydrogen (secondary N) is 1. The number of benzene rings is 2. The summed E-state index contributed by atoms with van der Waals surface area (Å²) < 4.78 is 11.4. The predicted molar refractivity (Wildman–Crippen MR) is 117 cm³/mol. The van der Waals surface area contributed by atoms with Crippen LogP contribution in [0, 0.1) is 21.8 Å². The fourth-order valence-electron chi connectivity index (χ4n) is 2.43. The summed E-state index contributed by atoms with van der Waals surface area (Å²) in [6.07, 6.45) is 1.44. The van der Waals surface area contributed by atoms with E-state index in [2.05, 4.69) is 5.32 Å². The number of halogens is 1. The lowest BCUT2D eigenvalue weighted by Crippen LogP contribution is -2.14. The molecule has 0 saturated heterocycles. The molecule has 8 heteroatoms. The van der Waals surface area contributed by atoms with Crippen LogP contribution in [0.1, 0.15) is 18.1 Å². The highest BCUT2D eigenvalue weighted by Crippen LogP contribution is 2.35. The van der Waals surface area contributed by atoms with Crippen LogP contribution in [-0.2, 0) is 9.59 Å². The number of hydrogen-bond donors (Lipinski definition) is 2. The summed E-state index contributed by atoms with van der Waals surface area (Å²) in [5.41, 5.74) is 1.98. The molecule has 0 aliphatic carbocycles. The minimum absolute atomic E-state index is 0.0781. The largest absolute Gasteiger partial charge is 0.490 e. The standard InChI is InChI=1S/C21H19IN2O5/c1-3-28-18-10-14(9-16(22)20(18)29-12-19(25)26)8-15(11-23)21(27)24-17-7-5-4-6-13(17)2/h4-10H,3,12H2,1-2H3,(H,24,27)(H,25,26)/b15-8+. The van der Waals surface area contributed by atoms with Gasteiger partial charge in [0.1, 0.15) is 11.6 Å². The number of nitrogens with zero attached hydrogens (tertiary/aromatic N) is 1. The Bertz CT molecular complexity index is 995. The van der Waals surface area contributed by atoms with Crippen molar-refractivity contribution in [3.63, 3.8) is 0 Å². The monoisotopic (exact) mass is 506 g/mol. The van der Waals surface area contributed by atoms with Crippen molar-refractivity contribution >= 4 is 46.2 Å². The van der Waals surface area contributed by atoms with Crippen LogP contribution in [0.25, 0.3) is 6.08 Å². The zero-order valence-corrected chi connectivity index (χ0v) is 18.0. The zero-order chi connectivity index (χ0) is 21.4. The van der Waals surface area contributed by atoms with Crippen LogP contribution in [0.2, 0.25) is 0 Å². The Morgan fingerprint density at radius 3 is 2.62 bits per heavy atom. The van der Waals surface area contributed by atoms with Crippen molar-refractivity contribution in [1.29, 1.82) is 5.26 Å². The van der Waals surface area contributed by atoms with Crippen molar-refractivity contribution in [3.05, 3.63) is 56.7 Å². The molecule has 0 unspecified atom stereocenters. The van der Waals surface area contributed by atoms with Gasteiger partial charge >= 0.3 is 5.97 Å². The van der Waals surface area contributed by atoms with E-state index in [0.29, 0.717) is 32.9 Å². The summed E-state index contributed by atoms with van der Waals surface area (Å²) >= 11 is 1.99. The lowest BCUT2D eigenvalue weighted by atomic mass is 10.1. The maximum atomic E-state index is 12.5. The van der Waals surface area contributed by atoms with E-state index in [9.17, 15) is 14.9 Å². The second-order valence-corrected chi connectivity index (χ2v) is 7.05. The number of ether oxygens (including phenoxy) is 2. The van der Waals surface area contributed by atoms with E-state index >= 15 is 0 Å². The maximum Gasteiger partial charge on any atom is 0.341 e. The van der Waals surface area contributed by atoms with Gasteiger partial charge in [-0.05, 0) is 71.8 Å². The molecule has 0 bridgehead atoms. The van der Waals surface area contributed by atoms with Crippen LogP contribution in [0.5, 0.6) is 11.5 Å². The zero-order valence-electron chi connectivity index (χ0n) is 15.9. The molecular weight excluding hydrogens is 487 g/mol. The summed E-state index contributed by atoms with van der Waals surface area (Å²) in [5.74, 6) is -0.994. The van der Waals surface area contributed by atoms with Gasteiger partial charge in [0.05, 0.1) is 10.2 Å². The summed E-state index contributed by atoms with van der Waals surface area (Å²) in [6.45, 7) is 3.48. The average Bonchev–Trinajstić information content (AvgIpc) is 2.67. The molecule has 0 radical (unpaired) electrons. The number of carbonyl (C=O) groups excluding carboxylic acids is 1. The molecule has 2 N–H and O–H groups in total. The van der Waals surface area contributed by atoms with Gasteiger partial charge in [-0.25, -0.2) is 4.79 Å². The van der Waals surface area contributed by atoms with Gasteiger partial charge in [0, 0.05) is 5.69 Å². The Labute approximate surface area is 182 Å². The molecule has 7 nitrogen and oxygen atoms in total. The summed E-state index contributed by atoms with van der Waals surface area (Å²) in [7, 11) is 0. The maximum absolute atomic E-state index is 12.5. The van der Waals surface area contributed by atoms with Crippen molar-refractivity contribution in [3.8, 4) is 17.6 Å². The molecule has 2 rings (SSSR count). The summed E-state index contributed by atoms with van der Waals surface area (Å²) in [6, 6.07) is 12.5. The van der Waals surface area contributed by atoms with Crippen molar-refractivity contribution < 1.29 is 24.2 Å². The Hall–Kier alpha value is -3.06. The number of aliphatic carboxylic acids is 1. The third-order valence-corrected chi connectivity index (χ3v) is 4.54. The number of carbonyl (C=O) groups is 2. The molecule has 0 atom stereocenters. The molecule has 0 heterocycles. The van der Waals surface area contributed by atoms with Crippen molar-refractivity contribution in [2.75, 3.05) is 18.5 Å². The molecule has 0 aliphatic heterocycles. The fraction of sp³-hybridized carbons (Fsp3) is 0.190. The third kappa shape index (κ3) is 6.22. The van der Waals surface area contributed by atoms with E-state index in [1.807, 2.05) is 47.7 Å². The topological polar surface area (TPSA) is 109 Å².